The summed E-state index contributed by atoms with van der Waals surface area (Å²) in [6, 6.07) is 12.8. The van der Waals surface area contributed by atoms with Gasteiger partial charge in [-0.2, -0.15) is 0 Å². The Kier molecular flexibility index (Phi) is 6.55. The molecule has 4 rings (SSSR count). The monoisotopic (exact) mass is 456 g/mol. The first-order valence-corrected chi connectivity index (χ1v) is 11.5. The van der Waals surface area contributed by atoms with E-state index in [1.54, 1.807) is 12.1 Å². The molecule has 2 aliphatic heterocycles. The summed E-state index contributed by atoms with van der Waals surface area (Å²) < 4.78 is 0. The van der Waals surface area contributed by atoms with E-state index in [2.05, 4.69) is 29.0 Å². The van der Waals surface area contributed by atoms with Gasteiger partial charge < -0.3 is 15.1 Å². The molecule has 0 unspecified atom stereocenters. The molecule has 2 heterocycles. The SMILES string of the molecule is CC(C)CCNC(=O)[C@H]1Cc2cc([N+](=O)[O-])ccc2N2CCN(c3ccccc3Cl)C[C@H]12. The zero-order valence-electron chi connectivity index (χ0n) is 18.5. The number of fused-ring (bicyclic) bond motifs is 3. The summed E-state index contributed by atoms with van der Waals surface area (Å²) in [4.78, 5) is 28.7. The zero-order chi connectivity index (χ0) is 22.8. The summed E-state index contributed by atoms with van der Waals surface area (Å²) >= 11 is 6.46. The molecule has 2 aliphatic rings. The second kappa shape index (κ2) is 9.36. The van der Waals surface area contributed by atoms with Gasteiger partial charge in [0.1, 0.15) is 0 Å². The molecule has 7 nitrogen and oxygen atoms in total. The minimum atomic E-state index is -0.376. The van der Waals surface area contributed by atoms with E-state index in [0.717, 1.165) is 36.4 Å². The smallest absolute Gasteiger partial charge is 0.269 e. The number of non-ortho nitro benzene ring substituents is 1. The van der Waals surface area contributed by atoms with Gasteiger partial charge in [0.25, 0.3) is 5.69 Å². The van der Waals surface area contributed by atoms with Crippen molar-refractivity contribution in [1.29, 1.82) is 0 Å². The minimum absolute atomic E-state index is 0.0128. The number of anilines is 2. The van der Waals surface area contributed by atoms with Gasteiger partial charge >= 0.3 is 0 Å². The molecule has 170 valence electrons. The van der Waals surface area contributed by atoms with Crippen molar-refractivity contribution in [3.05, 3.63) is 63.2 Å². The summed E-state index contributed by atoms with van der Waals surface area (Å²) in [6.45, 7) is 7.05. The number of rotatable bonds is 6. The van der Waals surface area contributed by atoms with Crippen molar-refractivity contribution in [1.82, 2.24) is 5.32 Å². The van der Waals surface area contributed by atoms with Gasteiger partial charge in [-0.3, -0.25) is 14.9 Å². The lowest BCUT2D eigenvalue weighted by atomic mass is 9.83. The van der Waals surface area contributed by atoms with Crippen LogP contribution in [0.25, 0.3) is 0 Å². The lowest BCUT2D eigenvalue weighted by Gasteiger charge is -2.49. The highest BCUT2D eigenvalue weighted by Gasteiger charge is 2.42. The Labute approximate surface area is 193 Å². The first-order chi connectivity index (χ1) is 15.3. The molecular weight excluding hydrogens is 428 g/mol. The van der Waals surface area contributed by atoms with Crippen LogP contribution in [0.4, 0.5) is 17.1 Å². The van der Waals surface area contributed by atoms with Crippen molar-refractivity contribution in [2.24, 2.45) is 11.8 Å². The van der Waals surface area contributed by atoms with Crippen molar-refractivity contribution in [3.63, 3.8) is 0 Å². The second-order valence-corrected chi connectivity index (χ2v) is 9.42. The van der Waals surface area contributed by atoms with Crippen LogP contribution in [0.2, 0.25) is 5.02 Å². The molecule has 1 amide bonds. The molecule has 0 aliphatic carbocycles. The van der Waals surface area contributed by atoms with Crippen molar-refractivity contribution in [2.45, 2.75) is 32.7 Å². The topological polar surface area (TPSA) is 78.7 Å². The Bertz CT molecular complexity index is 1010. The first kappa shape index (κ1) is 22.4. The van der Waals surface area contributed by atoms with Gasteiger partial charge in [0.05, 0.1) is 27.6 Å². The molecule has 0 spiro atoms. The maximum Gasteiger partial charge on any atom is 0.269 e. The maximum atomic E-state index is 13.3. The average molecular weight is 457 g/mol. The quantitative estimate of drug-likeness (QED) is 0.518. The molecule has 1 N–H and O–H groups in total. The van der Waals surface area contributed by atoms with E-state index < -0.39 is 0 Å². The number of hydrogen-bond donors (Lipinski definition) is 1. The number of piperazine rings is 1. The number of hydrogen-bond acceptors (Lipinski definition) is 5. The highest BCUT2D eigenvalue weighted by Crippen LogP contribution is 2.39. The summed E-state index contributed by atoms with van der Waals surface area (Å²) in [5.74, 6) is 0.229. The van der Waals surface area contributed by atoms with Crippen LogP contribution in [0.3, 0.4) is 0 Å². The van der Waals surface area contributed by atoms with Crippen molar-refractivity contribution in [3.8, 4) is 0 Å². The predicted octanol–water partition coefficient (Wildman–Crippen LogP) is 4.28. The Morgan fingerprint density at radius 2 is 2.00 bits per heavy atom. The number of carbonyl (C=O) groups excluding carboxylic acids is 1. The molecule has 0 radical (unpaired) electrons. The fourth-order valence-electron chi connectivity index (χ4n) is 4.77. The summed E-state index contributed by atoms with van der Waals surface area (Å²) in [7, 11) is 0. The maximum absolute atomic E-state index is 13.3. The van der Waals surface area contributed by atoms with Gasteiger partial charge in [-0.1, -0.05) is 37.6 Å². The standard InChI is InChI=1S/C24H29ClN4O3/c1-16(2)9-10-26-24(30)19-14-17-13-18(29(31)32)7-8-21(17)28-12-11-27(15-23(19)28)22-6-4-3-5-20(22)25/h3-8,13,16,19,23H,9-12,14-15H2,1-2H3,(H,26,30)/t19-,23+/m0/s1. The molecule has 0 aromatic heterocycles. The van der Waals surface area contributed by atoms with Gasteiger partial charge in [-0.15, -0.1) is 0 Å². The van der Waals surface area contributed by atoms with Crippen molar-refractivity contribution in [2.75, 3.05) is 36.0 Å². The van der Waals surface area contributed by atoms with Crippen LogP contribution in [0.5, 0.6) is 0 Å². The largest absolute Gasteiger partial charge is 0.366 e. The first-order valence-electron chi connectivity index (χ1n) is 11.2. The van der Waals surface area contributed by atoms with Crippen LogP contribution >= 0.6 is 11.6 Å². The highest BCUT2D eigenvalue weighted by atomic mass is 35.5. The van der Waals surface area contributed by atoms with E-state index >= 15 is 0 Å². The van der Waals surface area contributed by atoms with E-state index in [9.17, 15) is 14.9 Å². The van der Waals surface area contributed by atoms with Crippen LogP contribution in [0.1, 0.15) is 25.8 Å². The molecule has 32 heavy (non-hydrogen) atoms. The number of carbonyl (C=O) groups is 1. The number of nitro benzene ring substituents is 1. The second-order valence-electron chi connectivity index (χ2n) is 9.01. The third-order valence-corrected chi connectivity index (χ3v) is 6.78. The van der Waals surface area contributed by atoms with E-state index in [4.69, 9.17) is 11.6 Å². The van der Waals surface area contributed by atoms with E-state index in [1.807, 2.05) is 30.3 Å². The van der Waals surface area contributed by atoms with Crippen LogP contribution in [-0.4, -0.2) is 43.1 Å². The fraction of sp³-hybridized carbons (Fsp3) is 0.458. The number of nitrogens with one attached hydrogen (secondary N) is 1. The van der Waals surface area contributed by atoms with Crippen molar-refractivity contribution < 1.29 is 9.72 Å². The van der Waals surface area contributed by atoms with Gasteiger partial charge in [0, 0.05) is 44.0 Å². The Morgan fingerprint density at radius 1 is 1.22 bits per heavy atom. The number of benzene rings is 2. The number of nitro groups is 1. The van der Waals surface area contributed by atoms with E-state index in [0.29, 0.717) is 30.5 Å². The molecule has 8 heteroatoms. The van der Waals surface area contributed by atoms with Crippen LogP contribution < -0.4 is 15.1 Å². The molecule has 0 saturated carbocycles. The molecule has 1 fully saturated rings. The zero-order valence-corrected chi connectivity index (χ0v) is 19.2. The van der Waals surface area contributed by atoms with Crippen LogP contribution in [0.15, 0.2) is 42.5 Å². The van der Waals surface area contributed by atoms with E-state index in [1.165, 1.54) is 0 Å². The Morgan fingerprint density at radius 3 is 2.72 bits per heavy atom. The van der Waals surface area contributed by atoms with E-state index in [-0.39, 0.29) is 28.5 Å². The predicted molar refractivity (Wildman–Crippen MR) is 128 cm³/mol. The third-order valence-electron chi connectivity index (χ3n) is 6.46. The average Bonchev–Trinajstić information content (AvgIpc) is 2.77. The summed E-state index contributed by atoms with van der Waals surface area (Å²) in [5, 5.41) is 15.1. The Hall–Kier alpha value is -2.80. The number of amides is 1. The van der Waals surface area contributed by atoms with Gasteiger partial charge in [-0.25, -0.2) is 0 Å². The van der Waals surface area contributed by atoms with Crippen molar-refractivity contribution >= 4 is 34.6 Å². The molecular formula is C24H29ClN4O3. The van der Waals surface area contributed by atoms with Gasteiger partial charge in [0.15, 0.2) is 0 Å². The molecule has 2 aromatic rings. The number of para-hydroxylation sites is 1. The van der Waals surface area contributed by atoms with Crippen LogP contribution in [-0.2, 0) is 11.2 Å². The molecule has 0 bridgehead atoms. The lowest BCUT2D eigenvalue weighted by Crippen LogP contribution is -2.61. The number of nitrogens with zero attached hydrogens (tertiary/aromatic N) is 3. The van der Waals surface area contributed by atoms with Gasteiger partial charge in [-0.05, 0) is 42.5 Å². The third kappa shape index (κ3) is 4.53. The molecule has 2 atom stereocenters. The van der Waals surface area contributed by atoms with Crippen LogP contribution in [0, 0.1) is 22.0 Å². The lowest BCUT2D eigenvalue weighted by molar-refractivity contribution is -0.384. The summed E-state index contributed by atoms with van der Waals surface area (Å²) in [5.41, 5.74) is 2.90. The minimum Gasteiger partial charge on any atom is -0.366 e. The molecule has 2 aromatic carbocycles. The fourth-order valence-corrected chi connectivity index (χ4v) is 5.02. The van der Waals surface area contributed by atoms with Gasteiger partial charge in [0.2, 0.25) is 5.91 Å². The summed E-state index contributed by atoms with van der Waals surface area (Å²) in [6.07, 6.45) is 1.41. The highest BCUT2D eigenvalue weighted by molar-refractivity contribution is 6.33. The number of halogens is 1. The Balaban J connectivity index is 1.64. The normalized spacial score (nSPS) is 20.0. The molecule has 1 saturated heterocycles.